The summed E-state index contributed by atoms with van der Waals surface area (Å²) in [4.78, 5) is 0. The molecule has 0 aliphatic carbocycles. The predicted molar refractivity (Wildman–Crippen MR) is 68.9 cm³/mol. The van der Waals surface area contributed by atoms with Gasteiger partial charge in [0.05, 0.1) is 11.7 Å². The van der Waals surface area contributed by atoms with E-state index in [1.54, 1.807) is 0 Å². The van der Waals surface area contributed by atoms with Gasteiger partial charge >= 0.3 is 0 Å². The Hall–Kier alpha value is -1.05. The van der Waals surface area contributed by atoms with E-state index in [0.29, 0.717) is 6.04 Å². The van der Waals surface area contributed by atoms with Crippen LogP contribution in [0.2, 0.25) is 0 Å². The van der Waals surface area contributed by atoms with E-state index in [1.807, 2.05) is 11.9 Å². The number of hydrogen-bond acceptors (Lipinski definition) is 2. The van der Waals surface area contributed by atoms with Crippen molar-refractivity contribution in [2.75, 3.05) is 0 Å². The van der Waals surface area contributed by atoms with Crippen LogP contribution >= 0.6 is 0 Å². The number of hydrogen-bond donors (Lipinski definition) is 0. The molecule has 86 valence electrons. The third-order valence-corrected chi connectivity index (χ3v) is 2.51. The van der Waals surface area contributed by atoms with Crippen LogP contribution < -0.4 is 0 Å². The summed E-state index contributed by atoms with van der Waals surface area (Å²) in [5.41, 5.74) is 1.84. The second-order valence-electron chi connectivity index (χ2n) is 3.94. The van der Waals surface area contributed by atoms with E-state index in [4.69, 9.17) is 0 Å². The molecule has 0 heterocycles. The van der Waals surface area contributed by atoms with E-state index in [1.165, 1.54) is 0 Å². The van der Waals surface area contributed by atoms with Crippen LogP contribution in [0.4, 0.5) is 0 Å². The van der Waals surface area contributed by atoms with Crippen molar-refractivity contribution in [3.05, 3.63) is 24.4 Å². The van der Waals surface area contributed by atoms with E-state index < -0.39 is 0 Å². The molecule has 15 heavy (non-hydrogen) atoms. The highest BCUT2D eigenvalue weighted by Crippen LogP contribution is 2.21. The van der Waals surface area contributed by atoms with Gasteiger partial charge in [0.1, 0.15) is 0 Å². The van der Waals surface area contributed by atoms with Gasteiger partial charge in [0.2, 0.25) is 0 Å². The van der Waals surface area contributed by atoms with Gasteiger partial charge in [-0.15, -0.1) is 0 Å². The molecule has 0 N–H and O–H groups in total. The smallest absolute Gasteiger partial charge is 0.0548 e. The Kier molecular flexibility index (Phi) is 6.76. The second kappa shape index (κ2) is 7.27. The average molecular weight is 208 g/mol. The van der Waals surface area contributed by atoms with E-state index in [0.717, 1.165) is 37.0 Å². The first-order chi connectivity index (χ1) is 7.08. The summed E-state index contributed by atoms with van der Waals surface area (Å²) in [6, 6.07) is 0.418. The maximum Gasteiger partial charge on any atom is 0.0548 e. The first-order valence-electron chi connectivity index (χ1n) is 5.69. The minimum absolute atomic E-state index is 0.418. The summed E-state index contributed by atoms with van der Waals surface area (Å²) in [6.45, 7) is 17.9. The van der Waals surface area contributed by atoms with Gasteiger partial charge in [-0.2, -0.15) is 5.10 Å². The molecular formula is C13H24N2. The van der Waals surface area contributed by atoms with Crippen molar-refractivity contribution in [1.82, 2.24) is 5.01 Å². The van der Waals surface area contributed by atoms with Gasteiger partial charge in [-0.1, -0.05) is 39.8 Å². The van der Waals surface area contributed by atoms with Crippen LogP contribution in [0.5, 0.6) is 0 Å². The Balaban J connectivity index is 4.64. The molecule has 0 aromatic heterocycles. The van der Waals surface area contributed by atoms with E-state index in [9.17, 15) is 0 Å². The lowest BCUT2D eigenvalue weighted by Crippen LogP contribution is -2.29. The maximum atomic E-state index is 4.07. The van der Waals surface area contributed by atoms with Crippen LogP contribution in [0.15, 0.2) is 29.5 Å². The number of hydrazone groups is 1. The summed E-state index contributed by atoms with van der Waals surface area (Å²) in [7, 11) is 0. The molecule has 2 nitrogen and oxygen atoms in total. The fourth-order valence-corrected chi connectivity index (χ4v) is 1.67. The first-order valence-corrected chi connectivity index (χ1v) is 5.69. The van der Waals surface area contributed by atoms with Crippen LogP contribution in [0.1, 0.15) is 46.5 Å². The third-order valence-electron chi connectivity index (χ3n) is 2.51. The Morgan fingerprint density at radius 1 is 1.20 bits per heavy atom. The van der Waals surface area contributed by atoms with E-state index >= 15 is 0 Å². The molecule has 0 fully saturated rings. The molecule has 0 saturated carbocycles. The Morgan fingerprint density at radius 3 is 1.93 bits per heavy atom. The number of nitrogens with zero attached hydrogens (tertiary/aromatic N) is 2. The largest absolute Gasteiger partial charge is 0.263 e. The number of rotatable bonds is 8. The van der Waals surface area contributed by atoms with E-state index in [-0.39, 0.29) is 0 Å². The fourth-order valence-electron chi connectivity index (χ4n) is 1.67. The standard InChI is InChI=1S/C13H24N2/c1-7-9-13(10-8-2)15(14-6)12(5)11(3)4/h13H,3,5-10H2,1-2,4H3. The highest BCUT2D eigenvalue weighted by molar-refractivity contribution is 5.27. The van der Waals surface area contributed by atoms with Crippen molar-refractivity contribution in [3.63, 3.8) is 0 Å². The van der Waals surface area contributed by atoms with Crippen LogP contribution in [-0.4, -0.2) is 17.8 Å². The van der Waals surface area contributed by atoms with Crippen molar-refractivity contribution in [1.29, 1.82) is 0 Å². The molecule has 0 atom stereocenters. The lowest BCUT2D eigenvalue weighted by atomic mass is 10.0. The Morgan fingerprint density at radius 2 is 1.67 bits per heavy atom. The Bertz CT molecular complexity index is 225. The highest BCUT2D eigenvalue weighted by Gasteiger charge is 2.17. The monoisotopic (exact) mass is 208 g/mol. The van der Waals surface area contributed by atoms with Gasteiger partial charge in [0.15, 0.2) is 0 Å². The normalized spacial score (nSPS) is 10.1. The quantitative estimate of drug-likeness (QED) is 0.335. The van der Waals surface area contributed by atoms with Crippen LogP contribution in [0.25, 0.3) is 0 Å². The summed E-state index contributed by atoms with van der Waals surface area (Å²) >= 11 is 0. The van der Waals surface area contributed by atoms with Crippen molar-refractivity contribution < 1.29 is 0 Å². The van der Waals surface area contributed by atoms with Gasteiger partial charge < -0.3 is 0 Å². The molecule has 0 aromatic carbocycles. The van der Waals surface area contributed by atoms with Gasteiger partial charge in [0, 0.05) is 6.72 Å². The molecule has 0 radical (unpaired) electrons. The van der Waals surface area contributed by atoms with Gasteiger partial charge in [-0.3, -0.25) is 5.01 Å². The lowest BCUT2D eigenvalue weighted by Gasteiger charge is -2.30. The molecule has 0 saturated heterocycles. The molecule has 0 aliphatic heterocycles. The van der Waals surface area contributed by atoms with Crippen molar-refractivity contribution in [2.45, 2.75) is 52.5 Å². The SMILES string of the molecule is C=NN(C(=C)C(=C)C)C(CCC)CCC. The highest BCUT2D eigenvalue weighted by atomic mass is 15.5. The lowest BCUT2D eigenvalue weighted by molar-refractivity contribution is 0.241. The molecule has 0 bridgehead atoms. The number of allylic oxidation sites excluding steroid dienone is 1. The molecule has 0 spiro atoms. The van der Waals surface area contributed by atoms with Crippen LogP contribution in [-0.2, 0) is 0 Å². The molecule has 0 rings (SSSR count). The zero-order valence-corrected chi connectivity index (χ0v) is 10.4. The van der Waals surface area contributed by atoms with Crippen LogP contribution in [0, 0.1) is 0 Å². The average Bonchev–Trinajstić information content (AvgIpc) is 2.19. The van der Waals surface area contributed by atoms with Crippen molar-refractivity contribution >= 4 is 6.72 Å². The van der Waals surface area contributed by atoms with Gasteiger partial charge in [-0.05, 0) is 25.3 Å². The van der Waals surface area contributed by atoms with E-state index in [2.05, 4.69) is 38.8 Å². The topological polar surface area (TPSA) is 15.6 Å². The fraction of sp³-hybridized carbons (Fsp3) is 0.615. The minimum atomic E-state index is 0.418. The van der Waals surface area contributed by atoms with Crippen molar-refractivity contribution in [2.24, 2.45) is 5.10 Å². The molecule has 0 aliphatic rings. The second-order valence-corrected chi connectivity index (χ2v) is 3.94. The molecular weight excluding hydrogens is 184 g/mol. The zero-order valence-electron chi connectivity index (χ0n) is 10.4. The zero-order chi connectivity index (χ0) is 11.8. The van der Waals surface area contributed by atoms with Gasteiger partial charge in [0.25, 0.3) is 0 Å². The Labute approximate surface area is 94.4 Å². The predicted octanol–water partition coefficient (Wildman–Crippen LogP) is 3.96. The molecule has 2 heteroatoms. The minimum Gasteiger partial charge on any atom is -0.263 e. The molecule has 0 aromatic rings. The third kappa shape index (κ3) is 4.32. The molecule has 0 amide bonds. The van der Waals surface area contributed by atoms with Crippen LogP contribution in [0.3, 0.4) is 0 Å². The van der Waals surface area contributed by atoms with Crippen molar-refractivity contribution in [3.8, 4) is 0 Å². The first kappa shape index (κ1) is 13.9. The summed E-state index contributed by atoms with van der Waals surface area (Å²) < 4.78 is 0. The molecule has 0 unspecified atom stereocenters. The summed E-state index contributed by atoms with van der Waals surface area (Å²) in [5.74, 6) is 0. The van der Waals surface area contributed by atoms with Gasteiger partial charge in [-0.25, -0.2) is 0 Å². The summed E-state index contributed by atoms with van der Waals surface area (Å²) in [5, 5.41) is 6.00. The summed E-state index contributed by atoms with van der Waals surface area (Å²) in [6.07, 6.45) is 4.55. The maximum absolute atomic E-state index is 4.07.